The van der Waals surface area contributed by atoms with Crippen LogP contribution in [0, 0.1) is 5.82 Å². The Kier molecular flexibility index (Phi) is 4.97. The van der Waals surface area contributed by atoms with Crippen molar-refractivity contribution in [3.8, 4) is 0 Å². The first-order valence-electron chi connectivity index (χ1n) is 5.12. The Morgan fingerprint density at radius 2 is 2.11 bits per heavy atom. The molecular weight excluding hydrogens is 302 g/mol. The van der Waals surface area contributed by atoms with Gasteiger partial charge in [0.2, 0.25) is 10.0 Å². The van der Waals surface area contributed by atoms with E-state index in [4.69, 9.17) is 17.3 Å². The van der Waals surface area contributed by atoms with Crippen LogP contribution in [0.15, 0.2) is 23.1 Å². The van der Waals surface area contributed by atoms with Gasteiger partial charge in [-0.3, -0.25) is 0 Å². The maximum atomic E-state index is 12.9. The average molecular weight is 315 g/mol. The summed E-state index contributed by atoms with van der Waals surface area (Å²) in [4.78, 5) is -0.0744. The molecule has 0 radical (unpaired) electrons. The lowest BCUT2D eigenvalue weighted by Gasteiger charge is -2.16. The summed E-state index contributed by atoms with van der Waals surface area (Å²) in [5.74, 6) is -0.563. The smallest absolute Gasteiger partial charge is 0.244 e. The molecule has 1 aromatic rings. The van der Waals surface area contributed by atoms with Crippen LogP contribution >= 0.6 is 24.0 Å². The van der Waals surface area contributed by atoms with Crippen LogP contribution in [0.2, 0.25) is 5.02 Å². The van der Waals surface area contributed by atoms with Crippen molar-refractivity contribution in [3.05, 3.63) is 29.0 Å². The van der Waals surface area contributed by atoms with Crippen molar-refractivity contribution in [2.45, 2.75) is 17.4 Å². The first-order valence-corrected chi connectivity index (χ1v) is 6.94. The van der Waals surface area contributed by atoms with E-state index in [9.17, 15) is 12.8 Å². The monoisotopic (exact) mass is 314 g/mol. The third-order valence-electron chi connectivity index (χ3n) is 2.70. The van der Waals surface area contributed by atoms with Crippen LogP contribution in [-0.2, 0) is 10.0 Å². The molecule has 1 atom stereocenters. The highest BCUT2D eigenvalue weighted by molar-refractivity contribution is 7.89. The Morgan fingerprint density at radius 3 is 2.61 bits per heavy atom. The summed E-state index contributed by atoms with van der Waals surface area (Å²) in [6.45, 7) is 0.646. The van der Waals surface area contributed by atoms with E-state index in [-0.39, 0.29) is 34.9 Å². The summed E-state index contributed by atoms with van der Waals surface area (Å²) in [7, 11) is -3.66. The molecule has 1 saturated heterocycles. The van der Waals surface area contributed by atoms with Gasteiger partial charge in [0.15, 0.2) is 0 Å². The Morgan fingerprint density at radius 1 is 1.44 bits per heavy atom. The van der Waals surface area contributed by atoms with Crippen molar-refractivity contribution in [2.24, 2.45) is 5.73 Å². The van der Waals surface area contributed by atoms with Gasteiger partial charge in [-0.1, -0.05) is 11.6 Å². The molecule has 18 heavy (non-hydrogen) atoms. The zero-order chi connectivity index (χ0) is 12.6. The Labute approximate surface area is 116 Å². The molecule has 0 unspecified atom stereocenters. The van der Waals surface area contributed by atoms with Crippen LogP contribution < -0.4 is 5.73 Å². The zero-order valence-electron chi connectivity index (χ0n) is 9.34. The van der Waals surface area contributed by atoms with Crippen LogP contribution in [0.25, 0.3) is 0 Å². The molecule has 0 saturated carbocycles. The average Bonchev–Trinajstić information content (AvgIpc) is 2.64. The number of sulfonamides is 1. The second kappa shape index (κ2) is 5.71. The van der Waals surface area contributed by atoms with Gasteiger partial charge in [-0.2, -0.15) is 4.31 Å². The topological polar surface area (TPSA) is 63.4 Å². The Bertz CT molecular complexity index is 539. The van der Waals surface area contributed by atoms with Gasteiger partial charge in [-0.15, -0.1) is 12.4 Å². The van der Waals surface area contributed by atoms with Gasteiger partial charge in [0.1, 0.15) is 10.7 Å². The molecule has 0 amide bonds. The number of hydrogen-bond donors (Lipinski definition) is 1. The summed E-state index contributed by atoms with van der Waals surface area (Å²) < 4.78 is 38.5. The highest BCUT2D eigenvalue weighted by Crippen LogP contribution is 2.27. The van der Waals surface area contributed by atoms with E-state index >= 15 is 0 Å². The fraction of sp³-hybridized carbons (Fsp3) is 0.400. The highest BCUT2D eigenvalue weighted by Gasteiger charge is 2.32. The standard InChI is InChI=1S/C10H12ClFN2O2S.ClH/c11-9-5-7(12)1-2-10(9)17(15,16)14-4-3-8(13)6-14;/h1-2,5,8H,3-4,6,13H2;1H/t8-;/m0./s1. The van der Waals surface area contributed by atoms with Crippen LogP contribution in [0.3, 0.4) is 0 Å². The lowest BCUT2D eigenvalue weighted by atomic mass is 10.3. The largest absolute Gasteiger partial charge is 0.326 e. The van der Waals surface area contributed by atoms with Gasteiger partial charge in [0, 0.05) is 19.1 Å². The fourth-order valence-electron chi connectivity index (χ4n) is 1.80. The molecule has 4 nitrogen and oxygen atoms in total. The summed E-state index contributed by atoms with van der Waals surface area (Å²) in [5, 5.41) is -0.106. The van der Waals surface area contributed by atoms with E-state index < -0.39 is 15.8 Å². The van der Waals surface area contributed by atoms with Crippen LogP contribution in [0.1, 0.15) is 6.42 Å². The number of rotatable bonds is 2. The van der Waals surface area contributed by atoms with Crippen LogP contribution in [-0.4, -0.2) is 31.9 Å². The molecule has 0 bridgehead atoms. The Hall–Kier alpha value is -0.400. The van der Waals surface area contributed by atoms with E-state index in [0.717, 1.165) is 12.1 Å². The number of nitrogens with zero attached hydrogens (tertiary/aromatic N) is 1. The van der Waals surface area contributed by atoms with Gasteiger partial charge < -0.3 is 5.73 Å². The number of halogens is 3. The first kappa shape index (κ1) is 15.7. The first-order chi connectivity index (χ1) is 7.91. The quantitative estimate of drug-likeness (QED) is 0.902. The van der Waals surface area contributed by atoms with Crippen molar-refractivity contribution < 1.29 is 12.8 Å². The lowest BCUT2D eigenvalue weighted by Crippen LogP contribution is -2.32. The van der Waals surface area contributed by atoms with Crippen molar-refractivity contribution >= 4 is 34.0 Å². The third-order valence-corrected chi connectivity index (χ3v) is 5.05. The minimum absolute atomic E-state index is 0. The van der Waals surface area contributed by atoms with Crippen molar-refractivity contribution in [1.29, 1.82) is 0 Å². The van der Waals surface area contributed by atoms with Crippen molar-refractivity contribution in [2.75, 3.05) is 13.1 Å². The molecule has 0 aliphatic carbocycles. The lowest BCUT2D eigenvalue weighted by molar-refractivity contribution is 0.472. The van der Waals surface area contributed by atoms with Crippen molar-refractivity contribution in [3.63, 3.8) is 0 Å². The minimum Gasteiger partial charge on any atom is -0.326 e. The maximum absolute atomic E-state index is 12.9. The number of hydrogen-bond acceptors (Lipinski definition) is 3. The van der Waals surface area contributed by atoms with Gasteiger partial charge in [0.25, 0.3) is 0 Å². The van der Waals surface area contributed by atoms with E-state index in [0.29, 0.717) is 13.0 Å². The van der Waals surface area contributed by atoms with Crippen LogP contribution in [0.5, 0.6) is 0 Å². The molecule has 1 aliphatic rings. The second-order valence-corrected chi connectivity index (χ2v) is 6.30. The third kappa shape index (κ3) is 2.95. The SMILES string of the molecule is Cl.N[C@H]1CCN(S(=O)(=O)c2ccc(F)cc2Cl)C1. The van der Waals surface area contributed by atoms with Gasteiger partial charge in [-0.05, 0) is 24.6 Å². The Balaban J connectivity index is 0.00000162. The molecule has 1 fully saturated rings. The van der Waals surface area contributed by atoms with E-state index in [2.05, 4.69) is 0 Å². The van der Waals surface area contributed by atoms with E-state index in [1.54, 1.807) is 0 Å². The summed E-state index contributed by atoms with van der Waals surface area (Å²) >= 11 is 5.75. The zero-order valence-corrected chi connectivity index (χ0v) is 11.7. The molecule has 2 N–H and O–H groups in total. The summed E-state index contributed by atoms with van der Waals surface area (Å²) in [5.41, 5.74) is 5.66. The predicted octanol–water partition coefficient (Wildman–Crippen LogP) is 1.62. The normalized spacial score (nSPS) is 20.7. The molecule has 0 aromatic heterocycles. The highest BCUT2D eigenvalue weighted by atomic mass is 35.5. The van der Waals surface area contributed by atoms with Crippen molar-refractivity contribution in [1.82, 2.24) is 4.31 Å². The van der Waals surface area contributed by atoms with E-state index in [1.807, 2.05) is 0 Å². The molecule has 2 rings (SSSR count). The molecule has 1 aromatic carbocycles. The fourth-order valence-corrected chi connectivity index (χ4v) is 3.81. The summed E-state index contributed by atoms with van der Waals surface area (Å²) in [6.07, 6.45) is 0.623. The number of nitrogens with two attached hydrogens (primary N) is 1. The molecule has 1 heterocycles. The molecule has 102 valence electrons. The summed E-state index contributed by atoms with van der Waals surface area (Å²) in [6, 6.07) is 3.10. The molecule has 8 heteroatoms. The van der Waals surface area contributed by atoms with Gasteiger partial charge in [-0.25, -0.2) is 12.8 Å². The maximum Gasteiger partial charge on any atom is 0.244 e. The minimum atomic E-state index is -3.66. The van der Waals surface area contributed by atoms with Gasteiger partial charge in [0.05, 0.1) is 5.02 Å². The molecular formula is C10H13Cl2FN2O2S. The number of benzene rings is 1. The van der Waals surface area contributed by atoms with E-state index in [1.165, 1.54) is 10.4 Å². The predicted molar refractivity (Wildman–Crippen MR) is 70.0 cm³/mol. The second-order valence-electron chi connectivity index (χ2n) is 3.99. The van der Waals surface area contributed by atoms with Crippen LogP contribution in [0.4, 0.5) is 4.39 Å². The molecule has 1 aliphatic heterocycles. The van der Waals surface area contributed by atoms with Gasteiger partial charge >= 0.3 is 0 Å². The molecule has 0 spiro atoms.